The second-order valence-corrected chi connectivity index (χ2v) is 6.38. The summed E-state index contributed by atoms with van der Waals surface area (Å²) in [5, 5.41) is 2.88. The van der Waals surface area contributed by atoms with Gasteiger partial charge in [-0.25, -0.2) is 0 Å². The van der Waals surface area contributed by atoms with Crippen LogP contribution in [-0.2, 0) is 14.3 Å². The Bertz CT molecular complexity index is 608. The number of piperazine rings is 1. The number of methoxy groups -OCH3 is 1. The number of carbonyl (C=O) groups excluding carboxylic acids is 2. The Morgan fingerprint density at radius 2 is 2.08 bits per heavy atom. The van der Waals surface area contributed by atoms with Gasteiger partial charge in [0.2, 0.25) is 5.91 Å². The highest BCUT2D eigenvalue weighted by atomic mass is 16.5. The predicted molar refractivity (Wildman–Crippen MR) is 93.6 cm³/mol. The zero-order chi connectivity index (χ0) is 17.6. The number of carbonyl (C=O) groups is 2. The molecule has 0 aliphatic carbocycles. The molecule has 0 bridgehead atoms. The molecule has 25 heavy (non-hydrogen) atoms. The molecule has 0 spiro atoms. The van der Waals surface area contributed by atoms with Gasteiger partial charge in [-0.1, -0.05) is 6.07 Å². The summed E-state index contributed by atoms with van der Waals surface area (Å²) in [5.74, 6) is 0.740. The number of amides is 2. The fourth-order valence-corrected chi connectivity index (χ4v) is 3.21. The Hall–Kier alpha value is -2.12. The molecule has 2 saturated heterocycles. The minimum absolute atomic E-state index is 0.0628. The van der Waals surface area contributed by atoms with Crippen molar-refractivity contribution in [2.75, 3.05) is 51.8 Å². The first kappa shape index (κ1) is 17.7. The van der Waals surface area contributed by atoms with Gasteiger partial charge in [-0.15, -0.1) is 0 Å². The highest BCUT2D eigenvalue weighted by molar-refractivity contribution is 5.92. The number of anilines is 1. The number of benzene rings is 1. The topological polar surface area (TPSA) is 71.1 Å². The van der Waals surface area contributed by atoms with Gasteiger partial charge < -0.3 is 19.7 Å². The van der Waals surface area contributed by atoms with Crippen molar-refractivity contribution in [2.45, 2.75) is 18.9 Å². The highest BCUT2D eigenvalue weighted by Gasteiger charge is 2.30. The second-order valence-electron chi connectivity index (χ2n) is 6.38. The van der Waals surface area contributed by atoms with E-state index in [2.05, 4.69) is 10.2 Å². The van der Waals surface area contributed by atoms with E-state index in [-0.39, 0.29) is 17.9 Å². The lowest BCUT2D eigenvalue weighted by molar-refractivity contribution is -0.142. The van der Waals surface area contributed by atoms with Crippen LogP contribution in [0.4, 0.5) is 5.69 Å². The maximum atomic E-state index is 12.3. The summed E-state index contributed by atoms with van der Waals surface area (Å²) in [7, 11) is 1.60. The molecule has 2 amide bonds. The van der Waals surface area contributed by atoms with E-state index in [4.69, 9.17) is 9.47 Å². The number of hydrogen-bond donors (Lipinski definition) is 1. The number of nitrogens with one attached hydrogen (secondary N) is 1. The summed E-state index contributed by atoms with van der Waals surface area (Å²) in [6.07, 6.45) is 1.52. The van der Waals surface area contributed by atoms with Crippen molar-refractivity contribution in [3.05, 3.63) is 24.3 Å². The number of ether oxygens (including phenoxy) is 2. The maximum Gasteiger partial charge on any atom is 0.251 e. The van der Waals surface area contributed by atoms with Crippen molar-refractivity contribution in [3.63, 3.8) is 0 Å². The van der Waals surface area contributed by atoms with Gasteiger partial charge in [0.15, 0.2) is 0 Å². The molecule has 7 nitrogen and oxygen atoms in total. The lowest BCUT2D eigenvalue weighted by atomic mass is 10.2. The Kier molecular flexibility index (Phi) is 5.88. The number of nitrogens with zero attached hydrogens (tertiary/aromatic N) is 2. The Balaban J connectivity index is 1.43. The molecule has 7 heteroatoms. The van der Waals surface area contributed by atoms with Gasteiger partial charge in [-0.3, -0.25) is 14.5 Å². The minimum atomic E-state index is -0.261. The van der Waals surface area contributed by atoms with Crippen LogP contribution in [0, 0.1) is 0 Å². The third-order valence-electron chi connectivity index (χ3n) is 4.61. The van der Waals surface area contributed by atoms with Crippen LogP contribution < -0.4 is 10.1 Å². The van der Waals surface area contributed by atoms with Gasteiger partial charge >= 0.3 is 0 Å². The Labute approximate surface area is 147 Å². The lowest BCUT2D eigenvalue weighted by Crippen LogP contribution is -2.52. The molecule has 1 atom stereocenters. The van der Waals surface area contributed by atoms with Crippen LogP contribution in [0.15, 0.2) is 24.3 Å². The molecule has 0 aromatic heterocycles. The monoisotopic (exact) mass is 347 g/mol. The predicted octanol–water partition coefficient (Wildman–Crippen LogP) is 0.957. The Morgan fingerprint density at radius 1 is 1.28 bits per heavy atom. The van der Waals surface area contributed by atoms with Crippen molar-refractivity contribution in [2.24, 2.45) is 0 Å². The average Bonchev–Trinajstić information content (AvgIpc) is 3.16. The molecule has 2 aliphatic rings. The fraction of sp³-hybridized carbons (Fsp3) is 0.556. The summed E-state index contributed by atoms with van der Waals surface area (Å²) in [5.41, 5.74) is 0.719. The van der Waals surface area contributed by atoms with Gasteiger partial charge in [-0.2, -0.15) is 0 Å². The van der Waals surface area contributed by atoms with Gasteiger partial charge in [0.1, 0.15) is 11.9 Å². The van der Waals surface area contributed by atoms with E-state index in [1.165, 1.54) is 0 Å². The van der Waals surface area contributed by atoms with E-state index < -0.39 is 0 Å². The Morgan fingerprint density at radius 3 is 2.76 bits per heavy atom. The largest absolute Gasteiger partial charge is 0.497 e. The molecule has 1 aromatic carbocycles. The van der Waals surface area contributed by atoms with Crippen LogP contribution in [0.1, 0.15) is 12.8 Å². The van der Waals surface area contributed by atoms with Crippen molar-refractivity contribution in [1.29, 1.82) is 0 Å². The minimum Gasteiger partial charge on any atom is -0.497 e. The maximum absolute atomic E-state index is 12.3. The molecule has 2 fully saturated rings. The van der Waals surface area contributed by atoms with E-state index in [0.717, 1.165) is 18.5 Å². The van der Waals surface area contributed by atoms with E-state index in [0.29, 0.717) is 45.1 Å². The van der Waals surface area contributed by atoms with Gasteiger partial charge in [0.25, 0.3) is 5.91 Å². The molecular formula is C18H25N3O4. The summed E-state index contributed by atoms with van der Waals surface area (Å²) in [6, 6.07) is 7.29. The first-order valence-electron chi connectivity index (χ1n) is 8.72. The summed E-state index contributed by atoms with van der Waals surface area (Å²) < 4.78 is 10.6. The van der Waals surface area contributed by atoms with E-state index in [1.54, 1.807) is 13.2 Å². The molecule has 2 heterocycles. The lowest BCUT2D eigenvalue weighted by Gasteiger charge is -2.35. The summed E-state index contributed by atoms with van der Waals surface area (Å²) >= 11 is 0. The molecule has 1 aromatic rings. The molecule has 136 valence electrons. The van der Waals surface area contributed by atoms with Crippen molar-refractivity contribution in [3.8, 4) is 5.75 Å². The van der Waals surface area contributed by atoms with Crippen molar-refractivity contribution >= 4 is 17.5 Å². The zero-order valence-electron chi connectivity index (χ0n) is 14.6. The molecule has 1 unspecified atom stereocenters. The smallest absolute Gasteiger partial charge is 0.251 e. The number of hydrogen-bond acceptors (Lipinski definition) is 5. The van der Waals surface area contributed by atoms with Crippen LogP contribution in [0.25, 0.3) is 0 Å². The number of rotatable bonds is 5. The first-order valence-corrected chi connectivity index (χ1v) is 8.72. The molecule has 2 aliphatic heterocycles. The quantitative estimate of drug-likeness (QED) is 0.859. The summed E-state index contributed by atoms with van der Waals surface area (Å²) in [4.78, 5) is 28.5. The average molecular weight is 347 g/mol. The van der Waals surface area contributed by atoms with Crippen LogP contribution in [-0.4, -0.2) is 74.2 Å². The first-order chi connectivity index (χ1) is 12.2. The normalized spacial score (nSPS) is 21.2. The van der Waals surface area contributed by atoms with Gasteiger partial charge in [-0.05, 0) is 25.0 Å². The van der Waals surface area contributed by atoms with Crippen molar-refractivity contribution < 1.29 is 19.1 Å². The van der Waals surface area contributed by atoms with Crippen molar-refractivity contribution in [1.82, 2.24) is 9.80 Å². The summed E-state index contributed by atoms with van der Waals surface area (Å²) in [6.45, 7) is 3.68. The molecule has 1 N–H and O–H groups in total. The van der Waals surface area contributed by atoms with Crippen LogP contribution >= 0.6 is 0 Å². The SMILES string of the molecule is COc1cccc(NC(=O)CN2CCN(C(=O)C3CCCO3)CC2)c1. The van der Waals surface area contributed by atoms with Crippen LogP contribution in [0.2, 0.25) is 0 Å². The van der Waals surface area contributed by atoms with E-state index >= 15 is 0 Å². The molecular weight excluding hydrogens is 322 g/mol. The van der Waals surface area contributed by atoms with Gasteiger partial charge in [0, 0.05) is 44.5 Å². The molecule has 3 rings (SSSR count). The second kappa shape index (κ2) is 8.31. The van der Waals surface area contributed by atoms with Gasteiger partial charge in [0.05, 0.1) is 13.7 Å². The van der Waals surface area contributed by atoms with Crippen LogP contribution in [0.5, 0.6) is 5.75 Å². The van der Waals surface area contributed by atoms with Crippen LogP contribution in [0.3, 0.4) is 0 Å². The highest BCUT2D eigenvalue weighted by Crippen LogP contribution is 2.17. The fourth-order valence-electron chi connectivity index (χ4n) is 3.21. The third-order valence-corrected chi connectivity index (χ3v) is 4.61. The molecule has 0 saturated carbocycles. The van der Waals surface area contributed by atoms with E-state index in [9.17, 15) is 9.59 Å². The third kappa shape index (κ3) is 4.70. The zero-order valence-corrected chi connectivity index (χ0v) is 14.6. The standard InChI is InChI=1S/C18H25N3O4/c1-24-15-5-2-4-14(12-15)19-17(22)13-20-7-9-21(10-8-20)18(23)16-6-3-11-25-16/h2,4-5,12,16H,3,6-11,13H2,1H3,(H,19,22). The molecule has 0 radical (unpaired) electrons. The van der Waals surface area contributed by atoms with E-state index in [1.807, 2.05) is 23.1 Å².